The molecule has 1 aromatic rings. The first-order chi connectivity index (χ1) is 8.32. The van der Waals surface area contributed by atoms with Crippen molar-refractivity contribution in [3.63, 3.8) is 0 Å². The standard InChI is InChI=1S/C12H15BrO4S/c1-8(12(14)17-3)9(2)18(15,16)11-7-5-4-6-10(11)13/h4-9H,1-3H3. The van der Waals surface area contributed by atoms with Crippen LogP contribution in [-0.2, 0) is 19.4 Å². The first-order valence-corrected chi connectivity index (χ1v) is 7.72. The summed E-state index contributed by atoms with van der Waals surface area (Å²) in [7, 11) is -2.33. The second-order valence-electron chi connectivity index (χ2n) is 3.99. The van der Waals surface area contributed by atoms with Crippen LogP contribution < -0.4 is 0 Å². The Labute approximate surface area is 115 Å². The van der Waals surface area contributed by atoms with Crippen molar-refractivity contribution >= 4 is 31.7 Å². The van der Waals surface area contributed by atoms with Crippen LogP contribution in [0.4, 0.5) is 0 Å². The summed E-state index contributed by atoms with van der Waals surface area (Å²) in [6, 6.07) is 6.55. The summed E-state index contributed by atoms with van der Waals surface area (Å²) < 4.78 is 29.8. The van der Waals surface area contributed by atoms with Crippen LogP contribution in [0.5, 0.6) is 0 Å². The van der Waals surface area contributed by atoms with Gasteiger partial charge in [-0.2, -0.15) is 0 Å². The minimum atomic E-state index is -3.57. The van der Waals surface area contributed by atoms with E-state index in [1.165, 1.54) is 20.1 Å². The first-order valence-electron chi connectivity index (χ1n) is 5.38. The normalized spacial score (nSPS) is 14.9. The number of carbonyl (C=O) groups is 1. The highest BCUT2D eigenvalue weighted by Gasteiger charge is 2.33. The lowest BCUT2D eigenvalue weighted by atomic mass is 10.1. The Morgan fingerprint density at radius 1 is 1.28 bits per heavy atom. The van der Waals surface area contributed by atoms with Crippen LogP contribution >= 0.6 is 15.9 Å². The smallest absolute Gasteiger partial charge is 0.309 e. The monoisotopic (exact) mass is 334 g/mol. The number of sulfone groups is 1. The highest BCUT2D eigenvalue weighted by atomic mass is 79.9. The van der Waals surface area contributed by atoms with Crippen LogP contribution in [0.15, 0.2) is 33.6 Å². The van der Waals surface area contributed by atoms with Gasteiger partial charge in [0, 0.05) is 4.47 Å². The van der Waals surface area contributed by atoms with Gasteiger partial charge in [-0.1, -0.05) is 19.1 Å². The van der Waals surface area contributed by atoms with Gasteiger partial charge in [-0.05, 0) is 35.0 Å². The van der Waals surface area contributed by atoms with E-state index in [0.29, 0.717) is 4.47 Å². The molecule has 0 saturated carbocycles. The Kier molecular flexibility index (Phi) is 4.92. The summed E-state index contributed by atoms with van der Waals surface area (Å²) in [6.07, 6.45) is 0. The molecule has 6 heteroatoms. The molecule has 2 unspecified atom stereocenters. The second-order valence-corrected chi connectivity index (χ2v) is 7.12. The SMILES string of the molecule is COC(=O)C(C)C(C)S(=O)(=O)c1ccccc1Br. The molecule has 0 radical (unpaired) electrons. The molecule has 0 aromatic heterocycles. The maximum atomic E-state index is 12.4. The molecule has 0 spiro atoms. The predicted molar refractivity (Wildman–Crippen MR) is 72.0 cm³/mol. The molecule has 0 aliphatic carbocycles. The lowest BCUT2D eigenvalue weighted by molar-refractivity contribution is -0.144. The zero-order chi connectivity index (χ0) is 13.9. The van der Waals surface area contributed by atoms with Gasteiger partial charge in [-0.3, -0.25) is 4.79 Å². The average molecular weight is 335 g/mol. The summed E-state index contributed by atoms with van der Waals surface area (Å²) in [4.78, 5) is 11.6. The van der Waals surface area contributed by atoms with Gasteiger partial charge in [0.25, 0.3) is 0 Å². The molecule has 0 aliphatic rings. The molecule has 4 nitrogen and oxygen atoms in total. The van der Waals surface area contributed by atoms with Gasteiger partial charge in [-0.25, -0.2) is 8.42 Å². The van der Waals surface area contributed by atoms with Crippen molar-refractivity contribution in [3.8, 4) is 0 Å². The van der Waals surface area contributed by atoms with E-state index in [-0.39, 0.29) is 4.90 Å². The topological polar surface area (TPSA) is 60.4 Å². The van der Waals surface area contributed by atoms with Gasteiger partial charge in [-0.15, -0.1) is 0 Å². The molecule has 0 bridgehead atoms. The molecule has 1 aromatic carbocycles. The quantitative estimate of drug-likeness (QED) is 0.793. The number of rotatable bonds is 4. The highest BCUT2D eigenvalue weighted by molar-refractivity contribution is 9.10. The minimum Gasteiger partial charge on any atom is -0.469 e. The van der Waals surface area contributed by atoms with E-state index in [9.17, 15) is 13.2 Å². The fraction of sp³-hybridized carbons (Fsp3) is 0.417. The van der Waals surface area contributed by atoms with Crippen LogP contribution in [-0.4, -0.2) is 26.7 Å². The van der Waals surface area contributed by atoms with Gasteiger partial charge in [0.05, 0.1) is 23.2 Å². The highest BCUT2D eigenvalue weighted by Crippen LogP contribution is 2.28. The van der Waals surface area contributed by atoms with E-state index >= 15 is 0 Å². The number of benzene rings is 1. The number of ether oxygens (including phenoxy) is 1. The van der Waals surface area contributed by atoms with Crippen molar-refractivity contribution in [1.29, 1.82) is 0 Å². The fourth-order valence-electron chi connectivity index (χ4n) is 1.52. The molecule has 0 aliphatic heterocycles. The predicted octanol–water partition coefficient (Wildman–Crippen LogP) is 2.42. The number of hydrogen-bond acceptors (Lipinski definition) is 4. The van der Waals surface area contributed by atoms with Gasteiger partial charge in [0.2, 0.25) is 0 Å². The van der Waals surface area contributed by atoms with E-state index in [4.69, 9.17) is 0 Å². The maximum absolute atomic E-state index is 12.4. The summed E-state index contributed by atoms with van der Waals surface area (Å²) in [5.41, 5.74) is 0. The van der Waals surface area contributed by atoms with Crippen LogP contribution in [0.1, 0.15) is 13.8 Å². The third kappa shape index (κ3) is 2.92. The lowest BCUT2D eigenvalue weighted by Crippen LogP contribution is -2.31. The number of halogens is 1. The molecule has 0 N–H and O–H groups in total. The Balaban J connectivity index is 3.16. The minimum absolute atomic E-state index is 0.188. The van der Waals surface area contributed by atoms with Crippen molar-refractivity contribution in [2.24, 2.45) is 5.92 Å². The number of hydrogen-bond donors (Lipinski definition) is 0. The second kappa shape index (κ2) is 5.84. The molecule has 2 atom stereocenters. The van der Waals surface area contributed by atoms with Crippen molar-refractivity contribution < 1.29 is 17.9 Å². The Morgan fingerprint density at radius 2 is 1.83 bits per heavy atom. The molecule has 0 amide bonds. The maximum Gasteiger partial charge on any atom is 0.309 e. The summed E-state index contributed by atoms with van der Waals surface area (Å²) in [6.45, 7) is 3.06. The van der Waals surface area contributed by atoms with Gasteiger partial charge < -0.3 is 4.74 Å². The van der Waals surface area contributed by atoms with Gasteiger partial charge >= 0.3 is 5.97 Å². The zero-order valence-electron chi connectivity index (χ0n) is 10.4. The molecule has 1 rings (SSSR count). The Bertz CT molecular complexity index is 539. The molecule has 100 valence electrons. The third-order valence-electron chi connectivity index (χ3n) is 2.91. The number of carbonyl (C=O) groups excluding carboxylic acids is 1. The van der Waals surface area contributed by atoms with Gasteiger partial charge in [0.1, 0.15) is 0 Å². The summed E-state index contributed by atoms with van der Waals surface area (Å²) >= 11 is 3.21. The lowest BCUT2D eigenvalue weighted by Gasteiger charge is -2.18. The number of methoxy groups -OCH3 is 1. The zero-order valence-corrected chi connectivity index (χ0v) is 12.8. The van der Waals surface area contributed by atoms with Crippen LogP contribution in [0.25, 0.3) is 0 Å². The van der Waals surface area contributed by atoms with E-state index < -0.39 is 27.0 Å². The summed E-state index contributed by atoms with van der Waals surface area (Å²) in [5.74, 6) is -1.25. The molecule has 0 heterocycles. The third-order valence-corrected chi connectivity index (χ3v) is 6.22. The van der Waals surface area contributed by atoms with E-state index in [1.54, 1.807) is 25.1 Å². The Morgan fingerprint density at radius 3 is 2.33 bits per heavy atom. The van der Waals surface area contributed by atoms with Crippen LogP contribution in [0.2, 0.25) is 0 Å². The molecule has 0 fully saturated rings. The van der Waals surface area contributed by atoms with Crippen LogP contribution in [0.3, 0.4) is 0 Å². The van der Waals surface area contributed by atoms with Crippen molar-refractivity contribution in [3.05, 3.63) is 28.7 Å². The van der Waals surface area contributed by atoms with E-state index in [2.05, 4.69) is 20.7 Å². The first kappa shape index (κ1) is 15.2. The fourth-order valence-corrected chi connectivity index (χ4v) is 4.14. The summed E-state index contributed by atoms with van der Waals surface area (Å²) in [5, 5.41) is -0.844. The van der Waals surface area contributed by atoms with Crippen molar-refractivity contribution in [1.82, 2.24) is 0 Å². The average Bonchev–Trinajstić information content (AvgIpc) is 2.36. The van der Waals surface area contributed by atoms with Crippen molar-refractivity contribution in [2.75, 3.05) is 7.11 Å². The van der Waals surface area contributed by atoms with Crippen molar-refractivity contribution in [2.45, 2.75) is 24.0 Å². The van der Waals surface area contributed by atoms with Crippen LogP contribution in [0, 0.1) is 5.92 Å². The Hall–Kier alpha value is -0.880. The molecular formula is C12H15BrO4S. The molecule has 18 heavy (non-hydrogen) atoms. The molecular weight excluding hydrogens is 320 g/mol. The van der Waals surface area contributed by atoms with E-state index in [0.717, 1.165) is 0 Å². The molecule has 0 saturated heterocycles. The number of esters is 1. The van der Waals surface area contributed by atoms with E-state index in [1.807, 2.05) is 0 Å². The van der Waals surface area contributed by atoms with Gasteiger partial charge in [0.15, 0.2) is 9.84 Å². The largest absolute Gasteiger partial charge is 0.469 e.